The predicted octanol–water partition coefficient (Wildman–Crippen LogP) is 6.29. The summed E-state index contributed by atoms with van der Waals surface area (Å²) < 4.78 is 22.6. The van der Waals surface area contributed by atoms with Gasteiger partial charge in [0.05, 0.1) is 26.7 Å². The highest BCUT2D eigenvalue weighted by molar-refractivity contribution is 5.71. The Labute approximate surface area is 220 Å². The fourth-order valence-electron chi connectivity index (χ4n) is 4.56. The average molecular weight is 513 g/mol. The van der Waals surface area contributed by atoms with Crippen molar-refractivity contribution in [2.24, 2.45) is 0 Å². The molecule has 7 heteroatoms. The summed E-state index contributed by atoms with van der Waals surface area (Å²) in [4.78, 5) is 0. The van der Waals surface area contributed by atoms with Crippen molar-refractivity contribution in [3.8, 4) is 40.2 Å². The van der Waals surface area contributed by atoms with Gasteiger partial charge < -0.3 is 34.3 Å². The Morgan fingerprint density at radius 3 is 1.92 bits per heavy atom. The quantitative estimate of drug-likeness (QED) is 0.277. The predicted molar refractivity (Wildman–Crippen MR) is 144 cm³/mol. The first-order valence-corrected chi connectivity index (χ1v) is 12.1. The first-order chi connectivity index (χ1) is 18.4. The SMILES string of the molecule is COc1ccc2c(c1)OC1c3ccc(OC)cc3OCC21.Oc1ccc(C=Cc2cc(O)cc(O)c2)cc1. The van der Waals surface area contributed by atoms with Crippen molar-refractivity contribution in [1.82, 2.24) is 0 Å². The number of ether oxygens (including phenoxy) is 4. The van der Waals surface area contributed by atoms with E-state index in [2.05, 4.69) is 6.07 Å². The molecular weight excluding hydrogens is 484 g/mol. The van der Waals surface area contributed by atoms with Crippen LogP contribution in [0.5, 0.6) is 40.2 Å². The summed E-state index contributed by atoms with van der Waals surface area (Å²) in [5.41, 5.74) is 3.88. The van der Waals surface area contributed by atoms with Gasteiger partial charge in [0.2, 0.25) is 0 Å². The van der Waals surface area contributed by atoms with E-state index in [-0.39, 0.29) is 29.3 Å². The molecule has 0 radical (unpaired) electrons. The highest BCUT2D eigenvalue weighted by Gasteiger charge is 2.40. The fraction of sp³-hybridized carbons (Fsp3) is 0.161. The maximum Gasteiger partial charge on any atom is 0.138 e. The molecule has 2 atom stereocenters. The van der Waals surface area contributed by atoms with Crippen molar-refractivity contribution >= 4 is 12.2 Å². The van der Waals surface area contributed by atoms with Crippen LogP contribution < -0.4 is 18.9 Å². The van der Waals surface area contributed by atoms with E-state index < -0.39 is 0 Å². The maximum absolute atomic E-state index is 9.30. The van der Waals surface area contributed by atoms with Gasteiger partial charge in [0.1, 0.15) is 46.4 Å². The van der Waals surface area contributed by atoms with Crippen LogP contribution in [0.4, 0.5) is 0 Å². The summed E-state index contributed by atoms with van der Waals surface area (Å²) in [5, 5.41) is 27.7. The molecule has 0 aromatic heterocycles. The van der Waals surface area contributed by atoms with Gasteiger partial charge in [0.25, 0.3) is 0 Å². The molecule has 0 bridgehead atoms. The number of phenolic OH excluding ortho intramolecular Hbond substituents is 3. The Morgan fingerprint density at radius 2 is 1.26 bits per heavy atom. The van der Waals surface area contributed by atoms with Crippen LogP contribution in [0, 0.1) is 0 Å². The van der Waals surface area contributed by atoms with E-state index in [1.165, 1.54) is 11.6 Å². The standard InChI is InChI=1S/C17H16O4.C14H12O3/c1-18-10-4-6-13-15(7-10)20-9-14-12-5-3-11(19-2)8-16(12)21-17(13)14;15-12-5-3-10(4-6-12)1-2-11-7-13(16)9-14(17)8-11/h3-8,14,17H,9H2,1-2H3;1-9,15-17H. The smallest absolute Gasteiger partial charge is 0.138 e. The third-order valence-corrected chi connectivity index (χ3v) is 6.47. The molecule has 2 unspecified atom stereocenters. The summed E-state index contributed by atoms with van der Waals surface area (Å²) in [6.07, 6.45) is 3.60. The van der Waals surface area contributed by atoms with Gasteiger partial charge in [0.15, 0.2) is 0 Å². The van der Waals surface area contributed by atoms with Gasteiger partial charge in [-0.15, -0.1) is 0 Å². The summed E-state index contributed by atoms with van der Waals surface area (Å²) in [5.74, 6) is 3.83. The van der Waals surface area contributed by atoms with Crippen molar-refractivity contribution in [1.29, 1.82) is 0 Å². The van der Waals surface area contributed by atoms with Crippen LogP contribution in [0.3, 0.4) is 0 Å². The van der Waals surface area contributed by atoms with E-state index in [0.29, 0.717) is 12.2 Å². The second-order valence-corrected chi connectivity index (χ2v) is 8.97. The molecule has 2 aliphatic heterocycles. The molecule has 3 N–H and O–H groups in total. The Bertz CT molecular complexity index is 1440. The van der Waals surface area contributed by atoms with E-state index in [1.807, 2.05) is 36.4 Å². The monoisotopic (exact) mass is 512 g/mol. The zero-order valence-electron chi connectivity index (χ0n) is 21.0. The lowest BCUT2D eigenvalue weighted by atomic mass is 9.89. The van der Waals surface area contributed by atoms with Crippen molar-refractivity contribution in [3.05, 3.63) is 101 Å². The zero-order chi connectivity index (χ0) is 26.6. The molecule has 38 heavy (non-hydrogen) atoms. The molecule has 7 nitrogen and oxygen atoms in total. The number of rotatable bonds is 4. The molecule has 0 aliphatic carbocycles. The van der Waals surface area contributed by atoms with Gasteiger partial charge in [-0.05, 0) is 53.6 Å². The van der Waals surface area contributed by atoms with Crippen LogP contribution in [-0.2, 0) is 0 Å². The lowest BCUT2D eigenvalue weighted by Gasteiger charge is -2.28. The number of aromatic hydroxyl groups is 3. The second kappa shape index (κ2) is 10.7. The minimum atomic E-state index is 0.00163. The van der Waals surface area contributed by atoms with Crippen LogP contribution in [0.25, 0.3) is 12.2 Å². The molecule has 0 spiro atoms. The van der Waals surface area contributed by atoms with Gasteiger partial charge >= 0.3 is 0 Å². The molecule has 2 heterocycles. The minimum Gasteiger partial charge on any atom is -0.508 e. The molecule has 4 aromatic carbocycles. The Balaban J connectivity index is 0.000000159. The van der Waals surface area contributed by atoms with Crippen LogP contribution in [-0.4, -0.2) is 36.1 Å². The Morgan fingerprint density at radius 1 is 0.658 bits per heavy atom. The fourth-order valence-corrected chi connectivity index (χ4v) is 4.56. The average Bonchev–Trinajstić information content (AvgIpc) is 3.30. The van der Waals surface area contributed by atoms with Crippen LogP contribution >= 0.6 is 0 Å². The van der Waals surface area contributed by atoms with E-state index in [9.17, 15) is 10.2 Å². The van der Waals surface area contributed by atoms with Crippen molar-refractivity contribution in [2.75, 3.05) is 20.8 Å². The molecule has 6 rings (SSSR count). The molecular formula is C31H28O7. The minimum absolute atomic E-state index is 0.00163. The molecule has 0 amide bonds. The number of phenols is 3. The highest BCUT2D eigenvalue weighted by Crippen LogP contribution is 2.52. The van der Waals surface area contributed by atoms with Crippen LogP contribution in [0.15, 0.2) is 78.9 Å². The van der Waals surface area contributed by atoms with Crippen molar-refractivity contribution in [2.45, 2.75) is 12.0 Å². The number of benzene rings is 4. The van der Waals surface area contributed by atoms with Crippen LogP contribution in [0.1, 0.15) is 34.3 Å². The van der Waals surface area contributed by atoms with Gasteiger partial charge in [-0.2, -0.15) is 0 Å². The maximum atomic E-state index is 9.30. The molecule has 0 saturated heterocycles. The topological polar surface area (TPSA) is 97.6 Å². The molecule has 4 aromatic rings. The summed E-state index contributed by atoms with van der Waals surface area (Å²) >= 11 is 0. The first-order valence-electron chi connectivity index (χ1n) is 12.1. The molecule has 0 fully saturated rings. The van der Waals surface area contributed by atoms with Gasteiger partial charge in [-0.1, -0.05) is 30.4 Å². The van der Waals surface area contributed by atoms with Gasteiger partial charge in [-0.3, -0.25) is 0 Å². The Hall–Kier alpha value is -4.78. The van der Waals surface area contributed by atoms with E-state index >= 15 is 0 Å². The summed E-state index contributed by atoms with van der Waals surface area (Å²) in [6, 6.07) is 23.0. The normalized spacial score (nSPS) is 16.7. The van der Waals surface area contributed by atoms with Crippen molar-refractivity contribution in [3.63, 3.8) is 0 Å². The number of fused-ring (bicyclic) bond motifs is 5. The molecule has 2 aliphatic rings. The van der Waals surface area contributed by atoms with Gasteiger partial charge in [-0.25, -0.2) is 0 Å². The van der Waals surface area contributed by atoms with Crippen LogP contribution in [0.2, 0.25) is 0 Å². The summed E-state index contributed by atoms with van der Waals surface area (Å²) in [7, 11) is 3.32. The summed E-state index contributed by atoms with van der Waals surface area (Å²) in [6.45, 7) is 0.615. The van der Waals surface area contributed by atoms with E-state index in [4.69, 9.17) is 24.1 Å². The third-order valence-electron chi connectivity index (χ3n) is 6.47. The zero-order valence-corrected chi connectivity index (χ0v) is 21.0. The van der Waals surface area contributed by atoms with Crippen molar-refractivity contribution < 1.29 is 34.3 Å². The number of hydrogen-bond acceptors (Lipinski definition) is 7. The first kappa shape index (κ1) is 24.9. The highest BCUT2D eigenvalue weighted by atomic mass is 16.5. The van der Waals surface area contributed by atoms with E-state index in [0.717, 1.165) is 34.1 Å². The largest absolute Gasteiger partial charge is 0.508 e. The lowest BCUT2D eigenvalue weighted by molar-refractivity contribution is 0.139. The van der Waals surface area contributed by atoms with Gasteiger partial charge in [0, 0.05) is 29.3 Å². The number of methoxy groups -OCH3 is 2. The number of hydrogen-bond donors (Lipinski definition) is 3. The Kier molecular flexibility index (Phi) is 7.00. The van der Waals surface area contributed by atoms with E-state index in [1.54, 1.807) is 56.7 Å². The molecule has 194 valence electrons. The molecule has 0 saturated carbocycles. The third kappa shape index (κ3) is 5.32. The second-order valence-electron chi connectivity index (χ2n) is 8.97. The lowest BCUT2D eigenvalue weighted by Crippen LogP contribution is -2.23.